The van der Waals surface area contributed by atoms with Gasteiger partial charge in [0.2, 0.25) is 0 Å². The third-order valence-corrected chi connectivity index (χ3v) is 2.23. The fourth-order valence-corrected chi connectivity index (χ4v) is 1.26. The van der Waals surface area contributed by atoms with Crippen molar-refractivity contribution in [3.8, 4) is 0 Å². The van der Waals surface area contributed by atoms with Crippen molar-refractivity contribution in [3.63, 3.8) is 0 Å². The molecule has 0 saturated carbocycles. The molecule has 0 N–H and O–H groups in total. The minimum absolute atomic E-state index is 0.221. The Morgan fingerprint density at radius 2 is 1.94 bits per heavy atom. The van der Waals surface area contributed by atoms with Crippen LogP contribution in [0.2, 0.25) is 0 Å². The number of hydrogen-bond acceptors (Lipinski definition) is 3. The van der Waals surface area contributed by atoms with E-state index in [9.17, 15) is 4.79 Å². The second kappa shape index (κ2) is 5.95. The van der Waals surface area contributed by atoms with Crippen LogP contribution in [-0.4, -0.2) is 27.2 Å². The van der Waals surface area contributed by atoms with Crippen molar-refractivity contribution >= 4 is 17.7 Å². The van der Waals surface area contributed by atoms with Gasteiger partial charge in [-0.05, 0) is 17.7 Å². The van der Waals surface area contributed by atoms with E-state index in [0.717, 1.165) is 11.3 Å². The third kappa shape index (κ3) is 3.77. The summed E-state index contributed by atoms with van der Waals surface area (Å²) in [5, 5.41) is 0. The summed E-state index contributed by atoms with van der Waals surface area (Å²) in [4.78, 5) is 12.9. The van der Waals surface area contributed by atoms with Gasteiger partial charge in [0.15, 0.2) is 0 Å². The largest absolute Gasteiger partial charge is 0.469 e. The van der Waals surface area contributed by atoms with Crippen LogP contribution in [0.4, 0.5) is 5.69 Å². The summed E-state index contributed by atoms with van der Waals surface area (Å²) >= 11 is 0. The van der Waals surface area contributed by atoms with E-state index in [2.05, 4.69) is 4.74 Å². The minimum atomic E-state index is -0.221. The quantitative estimate of drug-likeness (QED) is 0.728. The number of carbonyl (C=O) groups is 1. The molecule has 0 bridgehead atoms. The van der Waals surface area contributed by atoms with E-state index in [-0.39, 0.29) is 5.97 Å². The number of ether oxygens (including phenoxy) is 1. The lowest BCUT2D eigenvalue weighted by Crippen LogP contribution is -2.07. The van der Waals surface area contributed by atoms with Crippen molar-refractivity contribution in [2.45, 2.75) is 6.42 Å². The molecule has 0 radical (unpaired) electrons. The lowest BCUT2D eigenvalue weighted by atomic mass is 10.2. The van der Waals surface area contributed by atoms with E-state index < -0.39 is 0 Å². The summed E-state index contributed by atoms with van der Waals surface area (Å²) in [6.45, 7) is 0. The number of nitrogens with zero attached hydrogens (tertiary/aromatic N) is 1. The Balaban J connectivity index is 2.58. The van der Waals surface area contributed by atoms with Gasteiger partial charge in [0.1, 0.15) is 0 Å². The molecule has 3 nitrogen and oxygen atoms in total. The molecule has 16 heavy (non-hydrogen) atoms. The van der Waals surface area contributed by atoms with Gasteiger partial charge in [0, 0.05) is 19.8 Å². The molecule has 1 aromatic carbocycles. The highest BCUT2D eigenvalue weighted by Crippen LogP contribution is 2.13. The molecule has 0 saturated heterocycles. The first kappa shape index (κ1) is 12.3. The summed E-state index contributed by atoms with van der Waals surface area (Å²) in [7, 11) is 5.40. The summed E-state index contributed by atoms with van der Waals surface area (Å²) in [5.41, 5.74) is 2.24. The fraction of sp³-hybridized carbons (Fsp3) is 0.308. The van der Waals surface area contributed by atoms with Crippen molar-refractivity contribution in [1.29, 1.82) is 0 Å². The van der Waals surface area contributed by atoms with Crippen LogP contribution in [0, 0.1) is 0 Å². The minimum Gasteiger partial charge on any atom is -0.469 e. The van der Waals surface area contributed by atoms with Crippen molar-refractivity contribution in [3.05, 3.63) is 35.9 Å². The summed E-state index contributed by atoms with van der Waals surface area (Å²) in [6.07, 6.45) is 4.03. The van der Waals surface area contributed by atoms with Gasteiger partial charge in [0.05, 0.1) is 13.5 Å². The smallest absolute Gasteiger partial charge is 0.309 e. The molecule has 0 atom stereocenters. The van der Waals surface area contributed by atoms with Gasteiger partial charge >= 0.3 is 5.97 Å². The molecule has 1 rings (SSSR count). The van der Waals surface area contributed by atoms with E-state index in [1.807, 2.05) is 49.3 Å². The molecular formula is C13H17NO2. The number of anilines is 1. The number of rotatable bonds is 4. The average Bonchev–Trinajstić information content (AvgIpc) is 2.29. The number of hydrogen-bond donors (Lipinski definition) is 0. The Bertz CT molecular complexity index is 366. The zero-order chi connectivity index (χ0) is 12.0. The third-order valence-electron chi connectivity index (χ3n) is 2.23. The molecule has 1 aromatic rings. The number of esters is 1. The average molecular weight is 219 g/mol. The SMILES string of the molecule is COC(=O)CC=Cc1ccc(N(C)C)cc1. The molecule has 0 heterocycles. The van der Waals surface area contributed by atoms with Crippen LogP contribution < -0.4 is 4.90 Å². The van der Waals surface area contributed by atoms with Crippen molar-refractivity contribution < 1.29 is 9.53 Å². The van der Waals surface area contributed by atoms with Gasteiger partial charge in [-0.3, -0.25) is 4.79 Å². The van der Waals surface area contributed by atoms with Crippen LogP contribution in [0.15, 0.2) is 30.3 Å². The van der Waals surface area contributed by atoms with Crippen LogP contribution in [0.3, 0.4) is 0 Å². The standard InChI is InChI=1S/C13H17NO2/c1-14(2)12-9-7-11(8-10-12)5-4-6-13(15)16-3/h4-5,7-10H,6H2,1-3H3. The summed E-state index contributed by atoms with van der Waals surface area (Å²) in [5.74, 6) is -0.221. The molecule has 0 aliphatic heterocycles. The highest BCUT2D eigenvalue weighted by Gasteiger charge is 1.95. The first-order valence-corrected chi connectivity index (χ1v) is 5.14. The Morgan fingerprint density at radius 3 is 2.44 bits per heavy atom. The molecule has 0 spiro atoms. The Labute approximate surface area is 96.3 Å². The van der Waals surface area contributed by atoms with Crippen LogP contribution in [0.25, 0.3) is 6.08 Å². The van der Waals surface area contributed by atoms with E-state index in [4.69, 9.17) is 0 Å². The van der Waals surface area contributed by atoms with Crippen molar-refractivity contribution in [2.75, 3.05) is 26.1 Å². The van der Waals surface area contributed by atoms with Gasteiger partial charge in [-0.2, -0.15) is 0 Å². The zero-order valence-corrected chi connectivity index (χ0v) is 9.93. The topological polar surface area (TPSA) is 29.5 Å². The maximum Gasteiger partial charge on any atom is 0.309 e. The Morgan fingerprint density at radius 1 is 1.31 bits per heavy atom. The maximum atomic E-state index is 10.9. The molecule has 0 aromatic heterocycles. The monoisotopic (exact) mass is 219 g/mol. The van der Waals surface area contributed by atoms with E-state index in [0.29, 0.717) is 6.42 Å². The molecule has 3 heteroatoms. The predicted octanol–water partition coefficient (Wildman–Crippen LogP) is 2.33. The highest BCUT2D eigenvalue weighted by atomic mass is 16.5. The van der Waals surface area contributed by atoms with Gasteiger partial charge in [0.25, 0.3) is 0 Å². The summed E-state index contributed by atoms with van der Waals surface area (Å²) < 4.78 is 4.54. The van der Waals surface area contributed by atoms with Crippen LogP contribution >= 0.6 is 0 Å². The number of carbonyl (C=O) groups excluding carboxylic acids is 1. The van der Waals surface area contributed by atoms with Crippen LogP contribution in [0.5, 0.6) is 0 Å². The second-order valence-electron chi connectivity index (χ2n) is 3.67. The van der Waals surface area contributed by atoms with Gasteiger partial charge < -0.3 is 9.64 Å². The van der Waals surface area contributed by atoms with Crippen molar-refractivity contribution in [2.24, 2.45) is 0 Å². The van der Waals surface area contributed by atoms with Crippen LogP contribution in [-0.2, 0) is 9.53 Å². The molecular weight excluding hydrogens is 202 g/mol. The number of methoxy groups -OCH3 is 1. The van der Waals surface area contributed by atoms with Gasteiger partial charge in [-0.1, -0.05) is 24.3 Å². The van der Waals surface area contributed by atoms with E-state index in [1.54, 1.807) is 6.08 Å². The predicted molar refractivity (Wildman–Crippen MR) is 66.4 cm³/mol. The van der Waals surface area contributed by atoms with Crippen molar-refractivity contribution in [1.82, 2.24) is 0 Å². The second-order valence-corrected chi connectivity index (χ2v) is 3.67. The Kier molecular flexibility index (Phi) is 4.58. The van der Waals surface area contributed by atoms with Gasteiger partial charge in [-0.25, -0.2) is 0 Å². The number of benzene rings is 1. The normalized spacial score (nSPS) is 10.4. The molecule has 0 aliphatic rings. The first-order valence-electron chi connectivity index (χ1n) is 5.14. The molecule has 0 amide bonds. The molecule has 0 aliphatic carbocycles. The van der Waals surface area contributed by atoms with Crippen LogP contribution in [0.1, 0.15) is 12.0 Å². The van der Waals surface area contributed by atoms with E-state index >= 15 is 0 Å². The lowest BCUT2D eigenvalue weighted by molar-refractivity contribution is -0.139. The van der Waals surface area contributed by atoms with E-state index in [1.165, 1.54) is 7.11 Å². The Hall–Kier alpha value is -1.77. The summed E-state index contributed by atoms with van der Waals surface area (Å²) in [6, 6.07) is 8.11. The fourth-order valence-electron chi connectivity index (χ4n) is 1.26. The highest BCUT2D eigenvalue weighted by molar-refractivity contribution is 5.72. The van der Waals surface area contributed by atoms with Gasteiger partial charge in [-0.15, -0.1) is 0 Å². The maximum absolute atomic E-state index is 10.9. The lowest BCUT2D eigenvalue weighted by Gasteiger charge is -2.11. The zero-order valence-electron chi connectivity index (χ0n) is 9.93. The molecule has 0 unspecified atom stereocenters. The molecule has 0 fully saturated rings. The molecule has 86 valence electrons. The first-order chi connectivity index (χ1) is 7.63.